The zero-order valence-corrected chi connectivity index (χ0v) is 13.1. The van der Waals surface area contributed by atoms with Crippen molar-refractivity contribution in [3.8, 4) is 5.75 Å². The minimum Gasteiger partial charge on any atom is -0.426 e. The number of carbonyl (C=O) groups excluding carboxylic acids is 2. The average Bonchev–Trinajstić information content (AvgIpc) is 3.09. The van der Waals surface area contributed by atoms with Crippen molar-refractivity contribution in [2.75, 3.05) is 13.2 Å². The number of Topliss-reactive ketones (excluding diaryl/α,β-unsaturated/α-hetero) is 1. The summed E-state index contributed by atoms with van der Waals surface area (Å²) in [7, 11) is 0. The van der Waals surface area contributed by atoms with Gasteiger partial charge in [0.05, 0.1) is 18.8 Å². The van der Waals surface area contributed by atoms with E-state index in [1.165, 1.54) is 19.1 Å². The van der Waals surface area contributed by atoms with Crippen LogP contribution < -0.4 is 4.74 Å². The number of hydrogen-bond acceptors (Lipinski definition) is 9. The Labute approximate surface area is 141 Å². The Balaban J connectivity index is 1.86. The van der Waals surface area contributed by atoms with Crippen LogP contribution in [0.2, 0.25) is 0 Å². The van der Waals surface area contributed by atoms with Crippen LogP contribution in [0.4, 0.5) is 0 Å². The van der Waals surface area contributed by atoms with Gasteiger partial charge in [0.15, 0.2) is 11.7 Å². The number of nitrogens with zero attached hydrogens (tertiary/aromatic N) is 1. The van der Waals surface area contributed by atoms with E-state index >= 15 is 0 Å². The summed E-state index contributed by atoms with van der Waals surface area (Å²) in [5.74, 6) is -1.39. The number of fused-ring (bicyclic) bond motifs is 1. The van der Waals surface area contributed by atoms with Gasteiger partial charge in [-0.25, -0.2) is 0 Å². The van der Waals surface area contributed by atoms with E-state index < -0.39 is 47.4 Å². The van der Waals surface area contributed by atoms with Crippen LogP contribution in [0.1, 0.15) is 17.3 Å². The van der Waals surface area contributed by atoms with Crippen LogP contribution in [0.25, 0.3) is 0 Å². The highest BCUT2D eigenvalue weighted by atomic mass is 17.0. The van der Waals surface area contributed by atoms with Crippen LogP contribution in [0.15, 0.2) is 24.3 Å². The standard InChI is InChI=1S/C15H15NO9/c1-8(17)24-10-5-3-2-4-9(10)13(18)15(19)7-23-12-11(25-16(20)21)6-22-14(12)15/h2-5,11-12,14,19H,6-7H2,1H3/t11-,12-,14+,15-/m1/s1. The van der Waals surface area contributed by atoms with Gasteiger partial charge in [-0.15, -0.1) is 10.1 Å². The highest BCUT2D eigenvalue weighted by Crippen LogP contribution is 2.38. The summed E-state index contributed by atoms with van der Waals surface area (Å²) in [6.07, 6.45) is -3.12. The molecule has 2 fully saturated rings. The fourth-order valence-electron chi connectivity index (χ4n) is 3.02. The van der Waals surface area contributed by atoms with Crippen molar-refractivity contribution in [2.24, 2.45) is 0 Å². The van der Waals surface area contributed by atoms with Crippen LogP contribution in [-0.4, -0.2) is 59.1 Å². The first kappa shape index (κ1) is 17.3. The van der Waals surface area contributed by atoms with Gasteiger partial charge in [0.1, 0.15) is 18.0 Å². The zero-order valence-electron chi connectivity index (χ0n) is 13.1. The molecule has 0 aromatic heterocycles. The van der Waals surface area contributed by atoms with E-state index in [-0.39, 0.29) is 17.9 Å². The van der Waals surface area contributed by atoms with Gasteiger partial charge in [-0.2, -0.15) is 0 Å². The van der Waals surface area contributed by atoms with Crippen molar-refractivity contribution in [3.05, 3.63) is 39.9 Å². The molecule has 3 rings (SSSR count). The number of hydrogen-bond donors (Lipinski definition) is 1. The van der Waals surface area contributed by atoms with Crippen LogP contribution in [0, 0.1) is 10.1 Å². The maximum absolute atomic E-state index is 12.9. The molecule has 0 aliphatic carbocycles. The number of benzene rings is 1. The number of ether oxygens (including phenoxy) is 3. The van der Waals surface area contributed by atoms with Crippen molar-refractivity contribution in [3.63, 3.8) is 0 Å². The molecule has 2 aliphatic rings. The minimum absolute atomic E-state index is 0.00652. The van der Waals surface area contributed by atoms with E-state index in [1.807, 2.05) is 0 Å². The molecule has 0 saturated carbocycles. The maximum atomic E-state index is 12.9. The van der Waals surface area contributed by atoms with Crippen molar-refractivity contribution in [2.45, 2.75) is 30.8 Å². The Bertz CT molecular complexity index is 721. The summed E-state index contributed by atoms with van der Waals surface area (Å²) in [5, 5.41) is 20.4. The molecule has 1 aromatic rings. The molecule has 2 aliphatic heterocycles. The third-order valence-electron chi connectivity index (χ3n) is 4.07. The van der Waals surface area contributed by atoms with Gasteiger partial charge in [-0.05, 0) is 12.1 Å². The summed E-state index contributed by atoms with van der Waals surface area (Å²) >= 11 is 0. The van der Waals surface area contributed by atoms with E-state index in [9.17, 15) is 24.8 Å². The van der Waals surface area contributed by atoms with E-state index in [1.54, 1.807) is 12.1 Å². The van der Waals surface area contributed by atoms with Crippen molar-refractivity contribution < 1.29 is 38.8 Å². The lowest BCUT2D eigenvalue weighted by Crippen LogP contribution is -2.50. The van der Waals surface area contributed by atoms with E-state index in [0.29, 0.717) is 0 Å². The molecule has 134 valence electrons. The topological polar surface area (TPSA) is 134 Å². The predicted molar refractivity (Wildman–Crippen MR) is 78.4 cm³/mol. The molecule has 1 N–H and O–H groups in total. The lowest BCUT2D eigenvalue weighted by molar-refractivity contribution is -0.769. The van der Waals surface area contributed by atoms with Crippen molar-refractivity contribution >= 4 is 11.8 Å². The molecule has 1 aromatic carbocycles. The predicted octanol–water partition coefficient (Wildman–Crippen LogP) is -0.0998. The van der Waals surface area contributed by atoms with Gasteiger partial charge >= 0.3 is 5.97 Å². The summed E-state index contributed by atoms with van der Waals surface area (Å²) in [5.41, 5.74) is -2.10. The van der Waals surface area contributed by atoms with Gasteiger partial charge in [-0.3, -0.25) is 9.59 Å². The van der Waals surface area contributed by atoms with Gasteiger partial charge in [0.2, 0.25) is 5.78 Å². The first-order valence-corrected chi connectivity index (χ1v) is 7.42. The van der Waals surface area contributed by atoms with Crippen LogP contribution >= 0.6 is 0 Å². The van der Waals surface area contributed by atoms with E-state index in [4.69, 9.17) is 14.2 Å². The molecular weight excluding hydrogens is 338 g/mol. The molecule has 10 heteroatoms. The largest absolute Gasteiger partial charge is 0.426 e. The molecule has 10 nitrogen and oxygen atoms in total. The van der Waals surface area contributed by atoms with Crippen LogP contribution in [0.5, 0.6) is 5.75 Å². The number of para-hydroxylation sites is 1. The van der Waals surface area contributed by atoms with Crippen molar-refractivity contribution in [1.82, 2.24) is 0 Å². The van der Waals surface area contributed by atoms with E-state index in [0.717, 1.165) is 0 Å². The maximum Gasteiger partial charge on any atom is 0.308 e. The number of esters is 1. The summed E-state index contributed by atoms with van der Waals surface area (Å²) in [4.78, 5) is 39.0. The molecule has 25 heavy (non-hydrogen) atoms. The summed E-state index contributed by atoms with van der Waals surface area (Å²) < 4.78 is 15.7. The number of rotatable bonds is 5. The Kier molecular flexibility index (Phi) is 4.41. The highest BCUT2D eigenvalue weighted by molar-refractivity contribution is 6.05. The van der Waals surface area contributed by atoms with Gasteiger partial charge in [-0.1, -0.05) is 12.1 Å². The monoisotopic (exact) mass is 353 g/mol. The molecular formula is C15H15NO9. The Morgan fingerprint density at radius 2 is 2.08 bits per heavy atom. The molecule has 0 amide bonds. The second-order valence-corrected chi connectivity index (χ2v) is 5.74. The van der Waals surface area contributed by atoms with Crippen molar-refractivity contribution in [1.29, 1.82) is 0 Å². The minimum atomic E-state index is -2.07. The summed E-state index contributed by atoms with van der Waals surface area (Å²) in [6, 6.07) is 5.93. The molecule has 4 atom stereocenters. The Hall–Kier alpha value is -2.56. The highest BCUT2D eigenvalue weighted by Gasteiger charge is 2.61. The SMILES string of the molecule is CC(=O)Oc1ccccc1C(=O)[C@]1(O)CO[C@@H]2[C@H](O[N+](=O)[O-])CO[C@@H]21. The molecule has 0 unspecified atom stereocenters. The normalized spacial score (nSPS) is 30.6. The number of aliphatic hydroxyl groups is 1. The average molecular weight is 353 g/mol. The lowest BCUT2D eigenvalue weighted by atomic mass is 9.87. The lowest BCUT2D eigenvalue weighted by Gasteiger charge is -2.25. The second-order valence-electron chi connectivity index (χ2n) is 5.74. The van der Waals surface area contributed by atoms with Gasteiger partial charge < -0.3 is 24.2 Å². The smallest absolute Gasteiger partial charge is 0.308 e. The fourth-order valence-corrected chi connectivity index (χ4v) is 3.02. The quantitative estimate of drug-likeness (QED) is 0.253. The first-order chi connectivity index (χ1) is 11.8. The number of ketones is 1. The van der Waals surface area contributed by atoms with Gasteiger partial charge in [0, 0.05) is 6.92 Å². The van der Waals surface area contributed by atoms with Crippen LogP contribution in [0.3, 0.4) is 0 Å². The second kappa shape index (κ2) is 6.39. The fraction of sp³-hybridized carbons (Fsp3) is 0.467. The molecule has 2 saturated heterocycles. The molecule has 0 radical (unpaired) electrons. The van der Waals surface area contributed by atoms with E-state index in [2.05, 4.69) is 4.84 Å². The molecule has 0 bridgehead atoms. The summed E-state index contributed by atoms with van der Waals surface area (Å²) in [6.45, 7) is 0.564. The molecule has 2 heterocycles. The zero-order chi connectivity index (χ0) is 18.2. The third-order valence-corrected chi connectivity index (χ3v) is 4.07. The van der Waals surface area contributed by atoms with Gasteiger partial charge in [0.25, 0.3) is 5.09 Å². The number of carbonyl (C=O) groups is 2. The first-order valence-electron chi connectivity index (χ1n) is 7.42. The Morgan fingerprint density at radius 1 is 1.36 bits per heavy atom. The van der Waals surface area contributed by atoms with Crippen LogP contribution in [-0.2, 0) is 19.1 Å². The Morgan fingerprint density at radius 3 is 2.76 bits per heavy atom. The molecule has 0 spiro atoms. The third kappa shape index (κ3) is 3.06.